The maximum atomic E-state index is 12.7. The average molecular weight is 333 g/mol. The zero-order valence-electron chi connectivity index (χ0n) is 12.5. The van der Waals surface area contributed by atoms with Crippen LogP contribution in [0.1, 0.15) is 11.1 Å². The summed E-state index contributed by atoms with van der Waals surface area (Å²) in [5.41, 5.74) is 13.2. The van der Waals surface area contributed by atoms with Gasteiger partial charge in [0.15, 0.2) is 0 Å². The number of hydrogen-bond donors (Lipinski definition) is 2. The third-order valence-corrected chi connectivity index (χ3v) is 3.66. The lowest BCUT2D eigenvalue weighted by Gasteiger charge is -2.12. The molecule has 0 saturated heterocycles. The highest BCUT2D eigenvalue weighted by molar-refractivity contribution is 5.75. The molecule has 2 heterocycles. The largest absolute Gasteiger partial charge is 0.464 e. The Morgan fingerprint density at radius 2 is 1.79 bits per heavy atom. The fourth-order valence-corrected chi connectivity index (χ4v) is 2.44. The first kappa shape index (κ1) is 16.1. The van der Waals surface area contributed by atoms with Gasteiger partial charge in [-0.15, -0.1) is 0 Å². The molecule has 0 fully saturated rings. The minimum Gasteiger partial charge on any atom is -0.464 e. The van der Waals surface area contributed by atoms with Crippen molar-refractivity contribution in [3.8, 4) is 22.6 Å². The molecular formula is C17H14F3N3O. The van der Waals surface area contributed by atoms with Gasteiger partial charge in [-0.1, -0.05) is 12.1 Å². The summed E-state index contributed by atoms with van der Waals surface area (Å²) in [7, 11) is 0. The van der Waals surface area contributed by atoms with E-state index in [9.17, 15) is 13.2 Å². The number of halogens is 3. The van der Waals surface area contributed by atoms with Gasteiger partial charge in [-0.2, -0.15) is 13.2 Å². The number of furan rings is 1. The zero-order chi connectivity index (χ0) is 17.3. The van der Waals surface area contributed by atoms with Crippen molar-refractivity contribution in [3.05, 3.63) is 59.9 Å². The number of rotatable bonds is 3. The normalized spacial score (nSPS) is 11.7. The summed E-state index contributed by atoms with van der Waals surface area (Å²) in [4.78, 5) is 4.25. The summed E-state index contributed by atoms with van der Waals surface area (Å²) in [5, 5.41) is 0. The highest BCUT2D eigenvalue weighted by Crippen LogP contribution is 2.34. The highest BCUT2D eigenvalue weighted by atomic mass is 19.4. The third-order valence-electron chi connectivity index (χ3n) is 3.66. The minimum atomic E-state index is -4.38. The Balaban J connectivity index is 2.09. The lowest BCUT2D eigenvalue weighted by Crippen LogP contribution is -2.07. The second-order valence-corrected chi connectivity index (χ2v) is 5.18. The number of nitrogen functional groups attached to an aromatic ring is 1. The molecule has 0 bridgehead atoms. The molecule has 0 amide bonds. The van der Waals surface area contributed by atoms with Crippen molar-refractivity contribution in [1.29, 1.82) is 0 Å². The van der Waals surface area contributed by atoms with E-state index in [1.54, 1.807) is 18.2 Å². The molecule has 1 aromatic carbocycles. The van der Waals surface area contributed by atoms with E-state index in [1.165, 1.54) is 18.4 Å². The molecule has 124 valence electrons. The molecule has 3 aromatic rings. The van der Waals surface area contributed by atoms with Crippen LogP contribution in [-0.2, 0) is 12.7 Å². The van der Waals surface area contributed by atoms with Crippen molar-refractivity contribution in [3.63, 3.8) is 0 Å². The quantitative estimate of drug-likeness (QED) is 0.757. The Kier molecular flexibility index (Phi) is 4.02. The molecule has 4 nitrogen and oxygen atoms in total. The summed E-state index contributed by atoms with van der Waals surface area (Å²) in [6, 6.07) is 9.93. The van der Waals surface area contributed by atoms with E-state index in [1.807, 2.05) is 0 Å². The summed E-state index contributed by atoms with van der Waals surface area (Å²) in [6.07, 6.45) is -2.86. The van der Waals surface area contributed by atoms with Crippen LogP contribution in [0.5, 0.6) is 0 Å². The number of hydrogen-bond acceptors (Lipinski definition) is 4. The van der Waals surface area contributed by atoms with Crippen LogP contribution < -0.4 is 11.5 Å². The number of aromatic nitrogens is 1. The van der Waals surface area contributed by atoms with E-state index in [0.717, 1.165) is 12.1 Å². The second kappa shape index (κ2) is 6.01. The van der Waals surface area contributed by atoms with Crippen molar-refractivity contribution < 1.29 is 17.6 Å². The van der Waals surface area contributed by atoms with Crippen LogP contribution >= 0.6 is 0 Å². The first-order chi connectivity index (χ1) is 11.4. The number of anilines is 1. The molecular weight excluding hydrogens is 319 g/mol. The Bertz CT molecular complexity index is 841. The lowest BCUT2D eigenvalue weighted by molar-refractivity contribution is -0.137. The molecule has 24 heavy (non-hydrogen) atoms. The molecule has 3 rings (SSSR count). The van der Waals surface area contributed by atoms with Crippen molar-refractivity contribution in [1.82, 2.24) is 4.98 Å². The fourth-order valence-electron chi connectivity index (χ4n) is 2.44. The van der Waals surface area contributed by atoms with Crippen LogP contribution in [0.25, 0.3) is 22.6 Å². The van der Waals surface area contributed by atoms with E-state index in [-0.39, 0.29) is 12.4 Å². The molecule has 0 saturated carbocycles. The molecule has 0 spiro atoms. The Morgan fingerprint density at radius 3 is 2.33 bits per heavy atom. The van der Waals surface area contributed by atoms with Crippen LogP contribution in [0.4, 0.5) is 19.0 Å². The fraction of sp³-hybridized carbons (Fsp3) is 0.118. The third kappa shape index (κ3) is 2.98. The Morgan fingerprint density at radius 1 is 1.08 bits per heavy atom. The predicted octanol–water partition coefficient (Wildman–Crippen LogP) is 4.07. The van der Waals surface area contributed by atoms with Gasteiger partial charge in [-0.3, -0.25) is 0 Å². The van der Waals surface area contributed by atoms with Crippen LogP contribution in [0, 0.1) is 0 Å². The first-order valence-electron chi connectivity index (χ1n) is 7.11. The lowest BCUT2D eigenvalue weighted by atomic mass is 10.0. The monoisotopic (exact) mass is 333 g/mol. The molecule has 7 heteroatoms. The van der Waals surface area contributed by atoms with E-state index in [0.29, 0.717) is 28.1 Å². The predicted molar refractivity (Wildman–Crippen MR) is 84.7 cm³/mol. The van der Waals surface area contributed by atoms with Crippen molar-refractivity contribution in [2.24, 2.45) is 5.73 Å². The number of benzene rings is 1. The molecule has 0 atom stereocenters. The average Bonchev–Trinajstić information content (AvgIpc) is 3.07. The zero-order valence-corrected chi connectivity index (χ0v) is 12.5. The van der Waals surface area contributed by atoms with Gasteiger partial charge in [0.05, 0.1) is 17.5 Å². The van der Waals surface area contributed by atoms with Gasteiger partial charge < -0.3 is 15.9 Å². The van der Waals surface area contributed by atoms with E-state index >= 15 is 0 Å². The standard InChI is InChI=1S/C17H14F3N3O/c18-17(19,20)11-5-3-10(4-6-11)14-8-12(15-2-1-7-24-15)13(9-21)16(22)23-14/h1-8H,9,21H2,(H2,22,23). The summed E-state index contributed by atoms with van der Waals surface area (Å²) in [5.74, 6) is 0.791. The maximum Gasteiger partial charge on any atom is 0.416 e. The second-order valence-electron chi connectivity index (χ2n) is 5.18. The first-order valence-corrected chi connectivity index (χ1v) is 7.11. The number of nitrogens with zero attached hydrogens (tertiary/aromatic N) is 1. The Hall–Kier alpha value is -2.80. The van der Waals surface area contributed by atoms with Gasteiger partial charge in [0.2, 0.25) is 0 Å². The van der Waals surface area contributed by atoms with Gasteiger partial charge in [-0.05, 0) is 30.3 Å². The molecule has 0 aliphatic heterocycles. The molecule has 0 radical (unpaired) electrons. The van der Waals surface area contributed by atoms with Crippen LogP contribution in [0.3, 0.4) is 0 Å². The topological polar surface area (TPSA) is 78.1 Å². The van der Waals surface area contributed by atoms with Crippen molar-refractivity contribution >= 4 is 5.82 Å². The highest BCUT2D eigenvalue weighted by Gasteiger charge is 2.30. The molecule has 0 aliphatic rings. The smallest absolute Gasteiger partial charge is 0.416 e. The van der Waals surface area contributed by atoms with E-state index < -0.39 is 11.7 Å². The van der Waals surface area contributed by atoms with Gasteiger partial charge in [0.1, 0.15) is 11.6 Å². The molecule has 0 aliphatic carbocycles. The SMILES string of the molecule is NCc1c(-c2ccco2)cc(-c2ccc(C(F)(F)F)cc2)nc1N. The van der Waals surface area contributed by atoms with Gasteiger partial charge in [-0.25, -0.2) is 4.98 Å². The van der Waals surface area contributed by atoms with Gasteiger partial charge in [0.25, 0.3) is 0 Å². The van der Waals surface area contributed by atoms with E-state index in [2.05, 4.69) is 4.98 Å². The van der Waals surface area contributed by atoms with E-state index in [4.69, 9.17) is 15.9 Å². The van der Waals surface area contributed by atoms with Gasteiger partial charge >= 0.3 is 6.18 Å². The number of alkyl halides is 3. The molecule has 2 aromatic heterocycles. The molecule has 4 N–H and O–H groups in total. The Labute approximate surface area is 135 Å². The van der Waals surface area contributed by atoms with Gasteiger partial charge in [0, 0.05) is 23.2 Å². The van der Waals surface area contributed by atoms with Crippen LogP contribution in [0.2, 0.25) is 0 Å². The summed E-state index contributed by atoms with van der Waals surface area (Å²) in [6.45, 7) is 0.169. The van der Waals surface area contributed by atoms with Crippen LogP contribution in [0.15, 0.2) is 53.1 Å². The summed E-state index contributed by atoms with van der Waals surface area (Å²) < 4.78 is 43.4. The van der Waals surface area contributed by atoms with Crippen molar-refractivity contribution in [2.75, 3.05) is 5.73 Å². The minimum absolute atomic E-state index is 0.169. The summed E-state index contributed by atoms with van der Waals surface area (Å²) >= 11 is 0. The van der Waals surface area contributed by atoms with Crippen LogP contribution in [-0.4, -0.2) is 4.98 Å². The maximum absolute atomic E-state index is 12.7. The molecule has 0 unspecified atom stereocenters. The van der Waals surface area contributed by atoms with Crippen molar-refractivity contribution in [2.45, 2.75) is 12.7 Å². The number of nitrogens with two attached hydrogens (primary N) is 2. The number of pyridine rings is 1.